The van der Waals surface area contributed by atoms with Crippen molar-refractivity contribution in [1.29, 1.82) is 0 Å². The lowest BCUT2D eigenvalue weighted by Crippen LogP contribution is -2.67. The van der Waals surface area contributed by atoms with Crippen molar-refractivity contribution in [3.8, 4) is 0 Å². The SMILES string of the molecule is Cc1cnn([C@H]2CC[C@@]3(C)[C@@H](CC[C@]4(C)[C@@H]3C(=O)C=C3[C@@H]5C[C@@](C)(C(=O)OC(c6ccccc6)c6ccccc6)CC[C@]5(C)CC[C@]34C)[C@]2(C)C(=O)O)c1. The van der Waals surface area contributed by atoms with Crippen molar-refractivity contribution in [2.45, 2.75) is 118 Å². The molecule has 2 aromatic carbocycles. The second kappa shape index (κ2) is 12.5. The number of hydrogen-bond acceptors (Lipinski definition) is 5. The topological polar surface area (TPSA) is 98.5 Å². The number of carbonyl (C=O) groups excluding carboxylic acids is 2. The number of carboxylic acid groups (broad SMARTS) is 1. The molecular weight excluding hydrogens is 673 g/mol. The molecule has 0 bridgehead atoms. The first-order valence-corrected chi connectivity index (χ1v) is 20.3. The fourth-order valence-corrected chi connectivity index (χ4v) is 13.2. The van der Waals surface area contributed by atoms with E-state index in [1.54, 1.807) is 0 Å². The van der Waals surface area contributed by atoms with Gasteiger partial charge in [0, 0.05) is 12.1 Å². The van der Waals surface area contributed by atoms with Gasteiger partial charge in [-0.15, -0.1) is 0 Å². The summed E-state index contributed by atoms with van der Waals surface area (Å²) in [6.45, 7) is 15.4. The van der Waals surface area contributed by atoms with Gasteiger partial charge in [0.2, 0.25) is 0 Å². The highest BCUT2D eigenvalue weighted by Crippen LogP contribution is 2.76. The highest BCUT2D eigenvalue weighted by Gasteiger charge is 2.72. The minimum Gasteiger partial charge on any atom is -0.481 e. The molecule has 4 fully saturated rings. The zero-order valence-corrected chi connectivity index (χ0v) is 33.2. The van der Waals surface area contributed by atoms with E-state index >= 15 is 4.79 Å². The standard InChI is InChI=1S/C47H58N2O5/c1-30-28-48-49(29-30)37-19-20-44(4)36(47(37,7)40(51)52)18-21-46(6)39(44)35(50)26-33-34-27-43(3,23-22-42(34,2)24-25-45(33,46)5)41(53)54-38(31-14-10-8-11-15-31)32-16-12-9-13-17-32/h8-17,26,28-29,34,36-39H,18-25,27H2,1-7H3,(H,51,52)/t34-,36+,37-,39+,42+,43-,44-,45+,46+,47-/m0/s1. The van der Waals surface area contributed by atoms with Gasteiger partial charge in [0.1, 0.15) is 0 Å². The number of hydrogen-bond donors (Lipinski definition) is 1. The largest absolute Gasteiger partial charge is 0.481 e. The van der Waals surface area contributed by atoms with Crippen molar-refractivity contribution >= 4 is 17.7 Å². The maximum Gasteiger partial charge on any atom is 0.312 e. The van der Waals surface area contributed by atoms with Crippen molar-refractivity contribution in [3.05, 3.63) is 101 Å². The van der Waals surface area contributed by atoms with E-state index < -0.39 is 28.3 Å². The number of carboxylic acids is 1. The molecule has 0 saturated heterocycles. The lowest BCUT2D eigenvalue weighted by Gasteiger charge is -2.70. The first-order chi connectivity index (χ1) is 25.5. The van der Waals surface area contributed by atoms with Crippen LogP contribution in [0.2, 0.25) is 0 Å². The molecule has 5 aliphatic carbocycles. The normalized spacial score (nSPS) is 40.1. The van der Waals surface area contributed by atoms with E-state index in [-0.39, 0.29) is 51.8 Å². The number of aliphatic carboxylic acids is 1. The van der Waals surface area contributed by atoms with Crippen LogP contribution in [0.25, 0.3) is 0 Å². The van der Waals surface area contributed by atoms with Crippen molar-refractivity contribution < 1.29 is 24.2 Å². The summed E-state index contributed by atoms with van der Waals surface area (Å²) in [5.74, 6) is -1.19. The third-order valence-corrected chi connectivity index (χ3v) is 16.6. The summed E-state index contributed by atoms with van der Waals surface area (Å²) in [5, 5.41) is 15.6. The van der Waals surface area contributed by atoms with Crippen molar-refractivity contribution in [1.82, 2.24) is 9.78 Å². The average molecular weight is 731 g/mol. The zero-order valence-electron chi connectivity index (χ0n) is 33.2. The molecule has 54 heavy (non-hydrogen) atoms. The summed E-state index contributed by atoms with van der Waals surface area (Å²) >= 11 is 0. The molecule has 1 heterocycles. The molecule has 8 rings (SSSR count). The summed E-state index contributed by atoms with van der Waals surface area (Å²) < 4.78 is 8.42. The van der Waals surface area contributed by atoms with Crippen LogP contribution in [-0.4, -0.2) is 32.6 Å². The van der Waals surface area contributed by atoms with Gasteiger partial charge in [-0.05, 0) is 135 Å². The number of aromatic nitrogens is 2. The van der Waals surface area contributed by atoms with Gasteiger partial charge in [-0.25, -0.2) is 0 Å². The van der Waals surface area contributed by atoms with Crippen LogP contribution in [0.4, 0.5) is 0 Å². The van der Waals surface area contributed by atoms with Crippen LogP contribution >= 0.6 is 0 Å². The zero-order chi connectivity index (χ0) is 38.5. The minimum absolute atomic E-state index is 0.0180. The highest BCUT2D eigenvalue weighted by atomic mass is 16.5. The third kappa shape index (κ3) is 5.19. The maximum absolute atomic E-state index is 15.0. The monoisotopic (exact) mass is 730 g/mol. The molecule has 1 N–H and O–H groups in total. The van der Waals surface area contributed by atoms with E-state index in [2.05, 4.69) is 39.7 Å². The smallest absolute Gasteiger partial charge is 0.312 e. The summed E-state index contributed by atoms with van der Waals surface area (Å²) in [5.41, 5.74) is 1.29. The summed E-state index contributed by atoms with van der Waals surface area (Å²) in [4.78, 5) is 43.0. The van der Waals surface area contributed by atoms with Crippen LogP contribution in [0.15, 0.2) is 84.7 Å². The van der Waals surface area contributed by atoms with Gasteiger partial charge in [-0.1, -0.05) is 93.9 Å². The molecule has 7 nitrogen and oxygen atoms in total. The Kier molecular flexibility index (Phi) is 8.56. The van der Waals surface area contributed by atoms with Crippen LogP contribution in [-0.2, 0) is 19.1 Å². The van der Waals surface area contributed by atoms with Crippen LogP contribution in [0.5, 0.6) is 0 Å². The number of fused-ring (bicyclic) bond motifs is 7. The minimum atomic E-state index is -1.06. The Hall–Kier alpha value is -4.00. The molecule has 4 saturated carbocycles. The number of ether oxygens (including phenoxy) is 1. The molecule has 0 unspecified atom stereocenters. The number of carbonyl (C=O) groups is 3. The van der Waals surface area contributed by atoms with Gasteiger partial charge in [-0.3, -0.25) is 19.1 Å². The Morgan fingerprint density at radius 2 is 1.48 bits per heavy atom. The molecule has 7 heteroatoms. The van der Waals surface area contributed by atoms with Gasteiger partial charge in [0.05, 0.1) is 23.1 Å². The summed E-state index contributed by atoms with van der Waals surface area (Å²) in [6.07, 6.45) is 12.6. The molecule has 0 amide bonds. The van der Waals surface area contributed by atoms with E-state index in [0.717, 1.165) is 61.6 Å². The summed E-state index contributed by atoms with van der Waals surface area (Å²) in [6, 6.07) is 19.7. The van der Waals surface area contributed by atoms with Gasteiger partial charge in [0.25, 0.3) is 0 Å². The molecule has 3 aromatic rings. The molecular formula is C47H58N2O5. The van der Waals surface area contributed by atoms with E-state index in [1.165, 1.54) is 5.57 Å². The lowest BCUT2D eigenvalue weighted by molar-refractivity contribution is -0.205. The predicted octanol–water partition coefficient (Wildman–Crippen LogP) is 10.1. The first kappa shape index (κ1) is 36.9. The second-order valence-electron chi connectivity index (χ2n) is 19.5. The molecule has 0 spiro atoms. The Morgan fingerprint density at radius 3 is 2.07 bits per heavy atom. The van der Waals surface area contributed by atoms with Crippen LogP contribution in [0.1, 0.15) is 128 Å². The molecule has 10 atom stereocenters. The Labute approximate surface area is 321 Å². The number of esters is 1. The number of aryl methyl sites for hydroxylation is 1. The number of nitrogens with zero attached hydrogens (tertiary/aromatic N) is 2. The van der Waals surface area contributed by atoms with Crippen LogP contribution in [0, 0.1) is 57.2 Å². The highest BCUT2D eigenvalue weighted by molar-refractivity contribution is 5.96. The quantitative estimate of drug-likeness (QED) is 0.254. The average Bonchev–Trinajstić information content (AvgIpc) is 3.58. The third-order valence-electron chi connectivity index (χ3n) is 16.6. The van der Waals surface area contributed by atoms with Gasteiger partial charge >= 0.3 is 11.9 Å². The number of allylic oxidation sites excluding steroid dienone is 2. The molecule has 286 valence electrons. The van der Waals surface area contributed by atoms with E-state index in [0.29, 0.717) is 12.8 Å². The first-order valence-electron chi connectivity index (χ1n) is 20.3. The van der Waals surface area contributed by atoms with Gasteiger partial charge in [0.15, 0.2) is 11.9 Å². The van der Waals surface area contributed by atoms with E-state index in [9.17, 15) is 14.7 Å². The van der Waals surface area contributed by atoms with Crippen molar-refractivity contribution in [2.24, 2.45) is 50.2 Å². The maximum atomic E-state index is 15.0. The van der Waals surface area contributed by atoms with E-state index in [4.69, 9.17) is 4.74 Å². The fourth-order valence-electron chi connectivity index (χ4n) is 13.2. The van der Waals surface area contributed by atoms with Crippen LogP contribution < -0.4 is 0 Å². The Morgan fingerprint density at radius 1 is 0.852 bits per heavy atom. The molecule has 5 aliphatic rings. The number of benzene rings is 2. The van der Waals surface area contributed by atoms with Crippen LogP contribution in [0.3, 0.4) is 0 Å². The summed E-state index contributed by atoms with van der Waals surface area (Å²) in [7, 11) is 0. The molecule has 1 aromatic heterocycles. The molecule has 0 aliphatic heterocycles. The predicted molar refractivity (Wildman–Crippen MR) is 208 cm³/mol. The lowest BCUT2D eigenvalue weighted by atomic mass is 9.33. The van der Waals surface area contributed by atoms with E-state index in [1.807, 2.05) is 97.7 Å². The number of ketones is 1. The second-order valence-corrected chi connectivity index (χ2v) is 19.5. The van der Waals surface area contributed by atoms with Crippen molar-refractivity contribution in [2.75, 3.05) is 0 Å². The van der Waals surface area contributed by atoms with Gasteiger partial charge in [-0.2, -0.15) is 5.10 Å². The Balaban J connectivity index is 1.13. The number of rotatable bonds is 6. The fraction of sp³-hybridized carbons (Fsp3) is 0.574. The van der Waals surface area contributed by atoms with Gasteiger partial charge < -0.3 is 9.84 Å². The Bertz CT molecular complexity index is 1970. The van der Waals surface area contributed by atoms with Crippen molar-refractivity contribution in [3.63, 3.8) is 0 Å². The molecule has 0 radical (unpaired) electrons.